The van der Waals surface area contributed by atoms with E-state index in [0.29, 0.717) is 6.42 Å². The third kappa shape index (κ3) is 5.36. The van der Waals surface area contributed by atoms with E-state index < -0.39 is 6.10 Å². The fraction of sp³-hybridized carbons (Fsp3) is 0.462. The number of benzene rings is 1. The summed E-state index contributed by atoms with van der Waals surface area (Å²) in [5.41, 5.74) is 1.85. The monoisotopic (exact) mass is 236 g/mol. The molecular weight excluding hydrogens is 216 g/mol. The van der Waals surface area contributed by atoms with Crippen molar-refractivity contribution in [3.8, 4) is 0 Å². The van der Waals surface area contributed by atoms with Crippen LogP contribution in [-0.2, 0) is 0 Å². The number of amides is 2. The van der Waals surface area contributed by atoms with Crippen LogP contribution in [0.15, 0.2) is 24.3 Å². The van der Waals surface area contributed by atoms with Gasteiger partial charge in [0.25, 0.3) is 0 Å². The van der Waals surface area contributed by atoms with Gasteiger partial charge in [0, 0.05) is 12.2 Å². The number of rotatable bonds is 5. The Morgan fingerprint density at radius 1 is 1.47 bits per heavy atom. The van der Waals surface area contributed by atoms with E-state index in [0.717, 1.165) is 17.7 Å². The summed E-state index contributed by atoms with van der Waals surface area (Å²) < 4.78 is 0. The number of nitrogens with one attached hydrogen (secondary N) is 2. The molecule has 2 amide bonds. The molecular formula is C13H20N2O2. The number of aliphatic hydroxyl groups is 1. The third-order valence-electron chi connectivity index (χ3n) is 2.40. The fourth-order valence-corrected chi connectivity index (χ4v) is 1.54. The lowest BCUT2D eigenvalue weighted by molar-refractivity contribution is 0.162. The van der Waals surface area contributed by atoms with Crippen LogP contribution in [-0.4, -0.2) is 23.8 Å². The summed E-state index contributed by atoms with van der Waals surface area (Å²) in [5, 5.41) is 14.8. The van der Waals surface area contributed by atoms with E-state index in [1.54, 1.807) is 0 Å². The first-order valence-electron chi connectivity index (χ1n) is 5.91. The average molecular weight is 236 g/mol. The molecule has 0 fully saturated rings. The summed E-state index contributed by atoms with van der Waals surface area (Å²) in [4.78, 5) is 11.5. The summed E-state index contributed by atoms with van der Waals surface area (Å²) in [6, 6.07) is 7.29. The summed E-state index contributed by atoms with van der Waals surface area (Å²) in [5.74, 6) is 0. The zero-order valence-electron chi connectivity index (χ0n) is 10.4. The molecule has 1 aromatic rings. The summed E-state index contributed by atoms with van der Waals surface area (Å²) >= 11 is 0. The van der Waals surface area contributed by atoms with Crippen molar-refractivity contribution >= 4 is 11.7 Å². The lowest BCUT2D eigenvalue weighted by Gasteiger charge is -2.11. The molecule has 0 heterocycles. The standard InChI is InChI=1S/C13H20N2O2/c1-3-5-12(16)9-14-13(17)15-11-7-4-6-10(2)8-11/h4,6-8,12,16H,3,5,9H2,1-2H3,(H2,14,15,17). The normalized spacial score (nSPS) is 11.9. The number of aryl methyl sites for hydroxylation is 1. The van der Waals surface area contributed by atoms with Crippen molar-refractivity contribution in [3.05, 3.63) is 29.8 Å². The van der Waals surface area contributed by atoms with E-state index in [2.05, 4.69) is 10.6 Å². The first-order chi connectivity index (χ1) is 8.11. The van der Waals surface area contributed by atoms with E-state index in [-0.39, 0.29) is 12.6 Å². The highest BCUT2D eigenvalue weighted by atomic mass is 16.3. The van der Waals surface area contributed by atoms with E-state index in [1.807, 2.05) is 38.1 Å². The highest BCUT2D eigenvalue weighted by Crippen LogP contribution is 2.08. The summed E-state index contributed by atoms with van der Waals surface area (Å²) in [7, 11) is 0. The zero-order valence-corrected chi connectivity index (χ0v) is 10.4. The average Bonchev–Trinajstić information content (AvgIpc) is 2.27. The number of urea groups is 1. The molecule has 94 valence electrons. The third-order valence-corrected chi connectivity index (χ3v) is 2.40. The second kappa shape index (κ2) is 6.91. The molecule has 17 heavy (non-hydrogen) atoms. The maximum Gasteiger partial charge on any atom is 0.319 e. The van der Waals surface area contributed by atoms with Gasteiger partial charge in [0.2, 0.25) is 0 Å². The van der Waals surface area contributed by atoms with Crippen molar-refractivity contribution in [3.63, 3.8) is 0 Å². The lowest BCUT2D eigenvalue weighted by Crippen LogP contribution is -2.35. The Balaban J connectivity index is 2.34. The molecule has 3 N–H and O–H groups in total. The van der Waals surface area contributed by atoms with Crippen molar-refractivity contribution < 1.29 is 9.90 Å². The van der Waals surface area contributed by atoms with E-state index >= 15 is 0 Å². The summed E-state index contributed by atoms with van der Waals surface area (Å²) in [6.07, 6.45) is 1.14. The summed E-state index contributed by atoms with van der Waals surface area (Å²) in [6.45, 7) is 4.25. The zero-order chi connectivity index (χ0) is 12.7. The molecule has 0 spiro atoms. The van der Waals surface area contributed by atoms with Gasteiger partial charge in [0.05, 0.1) is 6.10 Å². The van der Waals surface area contributed by atoms with Crippen LogP contribution in [0, 0.1) is 6.92 Å². The van der Waals surface area contributed by atoms with Crippen LogP contribution in [0.2, 0.25) is 0 Å². The first-order valence-corrected chi connectivity index (χ1v) is 5.91. The Kier molecular flexibility index (Phi) is 5.49. The van der Waals surface area contributed by atoms with Gasteiger partial charge in [-0.3, -0.25) is 0 Å². The van der Waals surface area contributed by atoms with E-state index in [1.165, 1.54) is 0 Å². The van der Waals surface area contributed by atoms with Gasteiger partial charge in [0.15, 0.2) is 0 Å². The molecule has 0 saturated carbocycles. The largest absolute Gasteiger partial charge is 0.391 e. The maximum atomic E-state index is 11.5. The van der Waals surface area contributed by atoms with Gasteiger partial charge < -0.3 is 15.7 Å². The van der Waals surface area contributed by atoms with Gasteiger partial charge in [-0.15, -0.1) is 0 Å². The molecule has 1 aromatic carbocycles. The second-order valence-corrected chi connectivity index (χ2v) is 4.15. The van der Waals surface area contributed by atoms with Crippen molar-refractivity contribution in [2.24, 2.45) is 0 Å². The Morgan fingerprint density at radius 3 is 2.88 bits per heavy atom. The van der Waals surface area contributed by atoms with Gasteiger partial charge in [-0.25, -0.2) is 4.79 Å². The molecule has 1 atom stereocenters. The SMILES string of the molecule is CCCC(O)CNC(=O)Nc1cccc(C)c1. The number of aliphatic hydroxyl groups excluding tert-OH is 1. The molecule has 0 aromatic heterocycles. The van der Waals surface area contributed by atoms with Crippen LogP contribution in [0.1, 0.15) is 25.3 Å². The van der Waals surface area contributed by atoms with Crippen LogP contribution in [0.25, 0.3) is 0 Å². The van der Waals surface area contributed by atoms with E-state index in [4.69, 9.17) is 0 Å². The van der Waals surface area contributed by atoms with Crippen molar-refractivity contribution in [1.82, 2.24) is 5.32 Å². The van der Waals surface area contributed by atoms with Crippen LogP contribution in [0.4, 0.5) is 10.5 Å². The van der Waals surface area contributed by atoms with Crippen molar-refractivity contribution in [1.29, 1.82) is 0 Å². The fourth-order valence-electron chi connectivity index (χ4n) is 1.54. The Bertz CT molecular complexity index is 366. The van der Waals surface area contributed by atoms with Gasteiger partial charge in [-0.1, -0.05) is 25.5 Å². The van der Waals surface area contributed by atoms with Gasteiger partial charge >= 0.3 is 6.03 Å². The van der Waals surface area contributed by atoms with Crippen LogP contribution in [0.3, 0.4) is 0 Å². The van der Waals surface area contributed by atoms with Crippen LogP contribution < -0.4 is 10.6 Å². The minimum Gasteiger partial charge on any atom is -0.391 e. The molecule has 1 rings (SSSR count). The lowest BCUT2D eigenvalue weighted by atomic mass is 10.2. The predicted molar refractivity (Wildman–Crippen MR) is 69.1 cm³/mol. The molecule has 4 nitrogen and oxygen atoms in total. The van der Waals surface area contributed by atoms with Crippen molar-refractivity contribution in [2.75, 3.05) is 11.9 Å². The van der Waals surface area contributed by atoms with Crippen molar-refractivity contribution in [2.45, 2.75) is 32.8 Å². The highest BCUT2D eigenvalue weighted by Gasteiger charge is 2.05. The van der Waals surface area contributed by atoms with Crippen LogP contribution in [0.5, 0.6) is 0 Å². The molecule has 0 aliphatic rings. The topological polar surface area (TPSA) is 61.4 Å². The predicted octanol–water partition coefficient (Wildman–Crippen LogP) is 2.28. The molecule has 0 aliphatic heterocycles. The number of hydrogen-bond donors (Lipinski definition) is 3. The minimum absolute atomic E-state index is 0.283. The van der Waals surface area contributed by atoms with Gasteiger partial charge in [-0.2, -0.15) is 0 Å². The second-order valence-electron chi connectivity index (χ2n) is 4.15. The molecule has 0 radical (unpaired) electrons. The molecule has 1 unspecified atom stereocenters. The first kappa shape index (κ1) is 13.5. The number of hydrogen-bond acceptors (Lipinski definition) is 2. The molecule has 0 bridgehead atoms. The quantitative estimate of drug-likeness (QED) is 0.734. The number of carbonyl (C=O) groups excluding carboxylic acids is 1. The Labute approximate surface area is 102 Å². The highest BCUT2D eigenvalue weighted by molar-refractivity contribution is 5.89. The Hall–Kier alpha value is -1.55. The van der Waals surface area contributed by atoms with Gasteiger partial charge in [0.1, 0.15) is 0 Å². The van der Waals surface area contributed by atoms with Crippen LogP contribution >= 0.6 is 0 Å². The number of carbonyl (C=O) groups is 1. The molecule has 4 heteroatoms. The Morgan fingerprint density at radius 2 is 2.24 bits per heavy atom. The number of anilines is 1. The molecule has 0 aliphatic carbocycles. The minimum atomic E-state index is -0.469. The van der Waals surface area contributed by atoms with Gasteiger partial charge in [-0.05, 0) is 31.0 Å². The molecule has 0 saturated heterocycles. The maximum absolute atomic E-state index is 11.5. The smallest absolute Gasteiger partial charge is 0.319 e. The van der Waals surface area contributed by atoms with E-state index in [9.17, 15) is 9.90 Å².